The number of anilines is 1. The number of halogens is 2. The van der Waals surface area contributed by atoms with Crippen molar-refractivity contribution >= 4 is 23.3 Å². The topological polar surface area (TPSA) is 41.1 Å². The first-order chi connectivity index (χ1) is 7.61. The Bertz CT molecular complexity index is 351. The first kappa shape index (κ1) is 12.8. The Balaban J connectivity index is 2.49. The van der Waals surface area contributed by atoms with Crippen LogP contribution in [0, 0.1) is 5.82 Å². The molecular weight excluding hydrogens is 231 g/mol. The Hall–Kier alpha value is -1.29. The number of unbranched alkanes of at least 4 members (excludes halogenated alkanes) is 1. The largest absolute Gasteiger partial charge is 0.338 e. The normalized spacial score (nSPS) is 9.94. The summed E-state index contributed by atoms with van der Waals surface area (Å²) in [6, 6.07) is 3.53. The molecule has 0 bridgehead atoms. The number of carbonyl (C=O) groups is 1. The molecule has 88 valence electrons. The van der Waals surface area contributed by atoms with Gasteiger partial charge in [0, 0.05) is 17.3 Å². The van der Waals surface area contributed by atoms with E-state index in [1.165, 1.54) is 18.2 Å². The van der Waals surface area contributed by atoms with Crippen molar-refractivity contribution in [3.05, 3.63) is 29.0 Å². The van der Waals surface area contributed by atoms with E-state index in [2.05, 4.69) is 10.6 Å². The van der Waals surface area contributed by atoms with Crippen molar-refractivity contribution in [2.45, 2.75) is 19.8 Å². The maximum Gasteiger partial charge on any atom is 0.319 e. The van der Waals surface area contributed by atoms with Gasteiger partial charge < -0.3 is 10.6 Å². The first-order valence-electron chi connectivity index (χ1n) is 5.12. The van der Waals surface area contributed by atoms with E-state index in [0.29, 0.717) is 12.2 Å². The molecule has 1 aromatic carbocycles. The predicted molar refractivity (Wildman–Crippen MR) is 63.3 cm³/mol. The summed E-state index contributed by atoms with van der Waals surface area (Å²) in [5.74, 6) is -0.476. The van der Waals surface area contributed by atoms with Crippen molar-refractivity contribution in [1.82, 2.24) is 5.32 Å². The smallest absolute Gasteiger partial charge is 0.319 e. The summed E-state index contributed by atoms with van der Waals surface area (Å²) < 4.78 is 12.9. The fourth-order valence-electron chi connectivity index (χ4n) is 1.18. The zero-order valence-corrected chi connectivity index (χ0v) is 9.77. The van der Waals surface area contributed by atoms with Crippen molar-refractivity contribution in [3.63, 3.8) is 0 Å². The minimum absolute atomic E-state index is 0.254. The van der Waals surface area contributed by atoms with Crippen molar-refractivity contribution < 1.29 is 9.18 Å². The van der Waals surface area contributed by atoms with Crippen molar-refractivity contribution in [3.8, 4) is 0 Å². The quantitative estimate of drug-likeness (QED) is 0.783. The number of hydrogen-bond acceptors (Lipinski definition) is 1. The molecule has 1 aromatic rings. The lowest BCUT2D eigenvalue weighted by Gasteiger charge is -2.07. The van der Waals surface area contributed by atoms with Crippen LogP contribution >= 0.6 is 11.6 Å². The summed E-state index contributed by atoms with van der Waals surface area (Å²) in [6.07, 6.45) is 1.92. The standard InChI is InChI=1S/C11H14ClFN2O/c1-2-3-4-14-11(16)15-10-6-8(12)5-9(13)7-10/h5-7H,2-4H2,1H3,(H2,14,15,16). The molecule has 16 heavy (non-hydrogen) atoms. The van der Waals surface area contributed by atoms with Gasteiger partial charge in [-0.1, -0.05) is 24.9 Å². The highest BCUT2D eigenvalue weighted by atomic mass is 35.5. The number of nitrogens with one attached hydrogen (secondary N) is 2. The van der Waals surface area contributed by atoms with Crippen LogP contribution in [0.15, 0.2) is 18.2 Å². The molecule has 0 unspecified atom stereocenters. The summed E-state index contributed by atoms with van der Waals surface area (Å²) in [5.41, 5.74) is 0.346. The van der Waals surface area contributed by atoms with Crippen molar-refractivity contribution in [2.24, 2.45) is 0 Å². The number of rotatable bonds is 4. The molecular formula is C11H14ClFN2O. The Morgan fingerprint density at radius 3 is 2.81 bits per heavy atom. The summed E-state index contributed by atoms with van der Waals surface area (Å²) in [5, 5.41) is 5.42. The second-order valence-electron chi connectivity index (χ2n) is 3.39. The number of benzene rings is 1. The maximum atomic E-state index is 12.9. The molecule has 2 N–H and O–H groups in total. The molecule has 0 fully saturated rings. The van der Waals surface area contributed by atoms with Gasteiger partial charge in [0.05, 0.1) is 0 Å². The number of hydrogen-bond donors (Lipinski definition) is 2. The highest BCUT2D eigenvalue weighted by Crippen LogP contribution is 2.17. The molecule has 1 rings (SSSR count). The van der Waals surface area contributed by atoms with Gasteiger partial charge in [0.1, 0.15) is 5.82 Å². The maximum absolute atomic E-state index is 12.9. The van der Waals surface area contributed by atoms with Crippen LogP contribution in [0.1, 0.15) is 19.8 Å². The van der Waals surface area contributed by atoms with E-state index in [1.54, 1.807) is 0 Å². The zero-order valence-electron chi connectivity index (χ0n) is 9.02. The van der Waals surface area contributed by atoms with Gasteiger partial charge in [-0.05, 0) is 24.6 Å². The predicted octanol–water partition coefficient (Wildman–Crippen LogP) is 3.40. The average molecular weight is 245 g/mol. The van der Waals surface area contributed by atoms with Crippen LogP contribution in [-0.4, -0.2) is 12.6 Å². The molecule has 0 saturated carbocycles. The van der Waals surface area contributed by atoms with Crippen LogP contribution in [0.3, 0.4) is 0 Å². The fraction of sp³-hybridized carbons (Fsp3) is 0.364. The lowest BCUT2D eigenvalue weighted by atomic mass is 10.3. The molecule has 2 amide bonds. The third-order valence-electron chi connectivity index (χ3n) is 1.94. The zero-order chi connectivity index (χ0) is 12.0. The van der Waals surface area contributed by atoms with Gasteiger partial charge in [-0.2, -0.15) is 0 Å². The molecule has 3 nitrogen and oxygen atoms in total. The third kappa shape index (κ3) is 4.49. The molecule has 0 atom stereocenters. The van der Waals surface area contributed by atoms with Gasteiger partial charge in [0.25, 0.3) is 0 Å². The minimum Gasteiger partial charge on any atom is -0.338 e. The van der Waals surface area contributed by atoms with Crippen LogP contribution in [0.2, 0.25) is 5.02 Å². The molecule has 0 aliphatic heterocycles. The van der Waals surface area contributed by atoms with Crippen molar-refractivity contribution in [2.75, 3.05) is 11.9 Å². The molecule has 0 saturated heterocycles. The summed E-state index contributed by atoms with van der Waals surface area (Å²) >= 11 is 5.65. The van der Waals surface area contributed by atoms with E-state index < -0.39 is 5.82 Å². The lowest BCUT2D eigenvalue weighted by Crippen LogP contribution is -2.29. The highest BCUT2D eigenvalue weighted by Gasteiger charge is 2.03. The highest BCUT2D eigenvalue weighted by molar-refractivity contribution is 6.30. The molecule has 0 aliphatic rings. The van der Waals surface area contributed by atoms with Crippen molar-refractivity contribution in [1.29, 1.82) is 0 Å². The summed E-state index contributed by atoms with van der Waals surface area (Å²) in [4.78, 5) is 11.3. The second kappa shape index (κ2) is 6.33. The first-order valence-corrected chi connectivity index (χ1v) is 5.50. The van der Waals surface area contributed by atoms with Crippen LogP contribution in [0.25, 0.3) is 0 Å². The van der Waals surface area contributed by atoms with Crippen LogP contribution in [-0.2, 0) is 0 Å². The van der Waals surface area contributed by atoms with Gasteiger partial charge in [0.15, 0.2) is 0 Å². The number of amides is 2. The Morgan fingerprint density at radius 2 is 2.19 bits per heavy atom. The molecule has 0 aromatic heterocycles. The average Bonchev–Trinajstić information content (AvgIpc) is 2.16. The van der Waals surface area contributed by atoms with Crippen LogP contribution in [0.5, 0.6) is 0 Å². The van der Waals surface area contributed by atoms with E-state index >= 15 is 0 Å². The Kier molecular flexibility index (Phi) is 5.05. The van der Waals surface area contributed by atoms with Gasteiger partial charge in [-0.15, -0.1) is 0 Å². The Morgan fingerprint density at radius 1 is 1.44 bits per heavy atom. The van der Waals surface area contributed by atoms with Crippen LogP contribution in [0.4, 0.5) is 14.9 Å². The third-order valence-corrected chi connectivity index (χ3v) is 2.15. The van der Waals surface area contributed by atoms with Gasteiger partial charge >= 0.3 is 6.03 Å². The Labute approximate surface area is 99.0 Å². The minimum atomic E-state index is -0.476. The second-order valence-corrected chi connectivity index (χ2v) is 3.83. The molecule has 0 spiro atoms. The van der Waals surface area contributed by atoms with Gasteiger partial charge in [-0.3, -0.25) is 0 Å². The van der Waals surface area contributed by atoms with E-state index in [9.17, 15) is 9.18 Å². The van der Waals surface area contributed by atoms with E-state index in [1.807, 2.05) is 6.92 Å². The number of carbonyl (C=O) groups excluding carboxylic acids is 1. The molecule has 0 heterocycles. The van der Waals surface area contributed by atoms with E-state index in [-0.39, 0.29) is 11.1 Å². The van der Waals surface area contributed by atoms with Crippen LogP contribution < -0.4 is 10.6 Å². The summed E-state index contributed by atoms with van der Waals surface area (Å²) in [6.45, 7) is 2.64. The van der Waals surface area contributed by atoms with Gasteiger partial charge in [0.2, 0.25) is 0 Å². The monoisotopic (exact) mass is 244 g/mol. The van der Waals surface area contributed by atoms with E-state index in [0.717, 1.165) is 12.8 Å². The fourth-order valence-corrected chi connectivity index (χ4v) is 1.40. The molecule has 5 heteroatoms. The van der Waals surface area contributed by atoms with Gasteiger partial charge in [-0.25, -0.2) is 9.18 Å². The molecule has 0 radical (unpaired) electrons. The SMILES string of the molecule is CCCCNC(=O)Nc1cc(F)cc(Cl)c1. The molecule has 0 aliphatic carbocycles. The lowest BCUT2D eigenvalue weighted by molar-refractivity contribution is 0.252. The van der Waals surface area contributed by atoms with E-state index in [4.69, 9.17) is 11.6 Å². The summed E-state index contributed by atoms with van der Waals surface area (Å²) in [7, 11) is 0. The number of urea groups is 1.